The Balaban J connectivity index is 0.000000292. The largest absolute Gasteiger partial charge is 0.497 e. The van der Waals surface area contributed by atoms with E-state index >= 15 is 0 Å². The van der Waals surface area contributed by atoms with Crippen LogP contribution in [0.4, 0.5) is 0 Å². The van der Waals surface area contributed by atoms with Crippen molar-refractivity contribution in [2.75, 3.05) is 7.11 Å². The van der Waals surface area contributed by atoms with Crippen molar-refractivity contribution < 1.29 is 13.2 Å². The number of ether oxygens (including phenoxy) is 1. The van der Waals surface area contributed by atoms with Crippen molar-refractivity contribution >= 4 is 29.6 Å². The molecule has 0 amide bonds. The molecule has 1 aromatic carbocycles. The van der Waals surface area contributed by atoms with Gasteiger partial charge in [-0.05, 0) is 19.1 Å². The summed E-state index contributed by atoms with van der Waals surface area (Å²) in [6, 6.07) is 7.96. The molecular weight excluding hydrogens is 247 g/mol. The molecule has 0 N–H and O–H groups in total. The van der Waals surface area contributed by atoms with Gasteiger partial charge in [-0.2, -0.15) is 8.42 Å². The van der Waals surface area contributed by atoms with Gasteiger partial charge in [-0.25, -0.2) is 0 Å². The molecule has 0 saturated heterocycles. The van der Waals surface area contributed by atoms with E-state index in [4.69, 9.17) is 13.2 Å². The summed E-state index contributed by atoms with van der Waals surface area (Å²) < 4.78 is 23.3. The highest BCUT2D eigenvalue weighted by atomic mass is 36.0. The van der Waals surface area contributed by atoms with E-state index in [1.165, 1.54) is 5.56 Å². The Hall–Kier alpha value is -0.450. The Bertz CT molecular complexity index is 351. The van der Waals surface area contributed by atoms with Crippen LogP contribution in [-0.4, -0.2) is 15.5 Å². The highest BCUT2D eigenvalue weighted by Crippen LogP contribution is 2.09. The minimum absolute atomic E-state index is 0.917. The molecule has 80 valence electrons. The van der Waals surface area contributed by atoms with E-state index in [1.54, 1.807) is 7.11 Å². The number of aryl methyl sites for hydroxylation is 1. The van der Waals surface area contributed by atoms with Gasteiger partial charge in [0.05, 0.1) is 7.11 Å². The van der Waals surface area contributed by atoms with Crippen molar-refractivity contribution in [1.29, 1.82) is 0 Å². The fourth-order valence-electron chi connectivity index (χ4n) is 0.674. The van der Waals surface area contributed by atoms with Crippen LogP contribution in [-0.2, 0) is 8.26 Å². The number of benzene rings is 1. The molecular formula is C8H10Cl2O3S. The second-order valence-corrected chi connectivity index (χ2v) is 6.06. The zero-order chi connectivity index (χ0) is 11.2. The molecule has 6 heteroatoms. The molecule has 0 saturated carbocycles. The van der Waals surface area contributed by atoms with Crippen molar-refractivity contribution in [2.24, 2.45) is 0 Å². The lowest BCUT2D eigenvalue weighted by molar-refractivity contribution is 0.414. The number of hydrogen-bond donors (Lipinski definition) is 0. The predicted molar refractivity (Wildman–Crippen MR) is 58.4 cm³/mol. The molecule has 0 radical (unpaired) electrons. The van der Waals surface area contributed by atoms with E-state index < -0.39 is 8.26 Å². The third-order valence-electron chi connectivity index (χ3n) is 1.26. The van der Waals surface area contributed by atoms with Crippen molar-refractivity contribution in [3.8, 4) is 5.75 Å². The summed E-state index contributed by atoms with van der Waals surface area (Å²) in [7, 11) is 6.48. The second kappa shape index (κ2) is 6.11. The third kappa shape index (κ3) is 9.64. The van der Waals surface area contributed by atoms with Gasteiger partial charge < -0.3 is 4.74 Å². The van der Waals surface area contributed by atoms with Crippen LogP contribution in [0, 0.1) is 6.92 Å². The van der Waals surface area contributed by atoms with E-state index in [2.05, 4.69) is 28.3 Å². The van der Waals surface area contributed by atoms with Crippen LogP contribution in [0.25, 0.3) is 0 Å². The molecule has 1 rings (SSSR count). The van der Waals surface area contributed by atoms with Crippen LogP contribution in [0.5, 0.6) is 5.75 Å². The Morgan fingerprint density at radius 3 is 1.79 bits per heavy atom. The lowest BCUT2D eigenvalue weighted by Crippen LogP contribution is -1.80. The molecule has 14 heavy (non-hydrogen) atoms. The number of methoxy groups -OCH3 is 1. The summed E-state index contributed by atoms with van der Waals surface area (Å²) in [4.78, 5) is 0. The van der Waals surface area contributed by atoms with Crippen molar-refractivity contribution in [2.45, 2.75) is 6.92 Å². The van der Waals surface area contributed by atoms with Gasteiger partial charge in [-0.15, -0.1) is 0 Å². The zero-order valence-corrected chi connectivity index (χ0v) is 10.0. The lowest BCUT2D eigenvalue weighted by atomic mass is 10.2. The van der Waals surface area contributed by atoms with Crippen molar-refractivity contribution in [3.63, 3.8) is 0 Å². The maximum Gasteiger partial charge on any atom is 0.317 e. The van der Waals surface area contributed by atoms with E-state index in [0.29, 0.717) is 0 Å². The van der Waals surface area contributed by atoms with Gasteiger partial charge in [0, 0.05) is 21.4 Å². The smallest absolute Gasteiger partial charge is 0.317 e. The lowest BCUT2D eigenvalue weighted by Gasteiger charge is -1.97. The summed E-state index contributed by atoms with van der Waals surface area (Å²) in [5, 5.41) is 0. The molecule has 0 fully saturated rings. The Kier molecular flexibility index (Phi) is 5.92. The van der Waals surface area contributed by atoms with E-state index in [0.717, 1.165) is 5.75 Å². The van der Waals surface area contributed by atoms with E-state index in [-0.39, 0.29) is 0 Å². The zero-order valence-electron chi connectivity index (χ0n) is 7.70. The van der Waals surface area contributed by atoms with Crippen LogP contribution in [0.15, 0.2) is 24.3 Å². The minimum atomic E-state index is -3.72. The first-order chi connectivity index (χ1) is 6.33. The first kappa shape index (κ1) is 13.6. The summed E-state index contributed by atoms with van der Waals surface area (Å²) in [6.45, 7) is 2.06. The summed E-state index contributed by atoms with van der Waals surface area (Å²) in [5.74, 6) is 0.917. The Morgan fingerprint density at radius 2 is 1.50 bits per heavy atom. The summed E-state index contributed by atoms with van der Waals surface area (Å²) in [6.07, 6.45) is 0. The average molecular weight is 257 g/mol. The minimum Gasteiger partial charge on any atom is -0.497 e. The van der Waals surface area contributed by atoms with Gasteiger partial charge in [0.25, 0.3) is 0 Å². The molecule has 0 aliphatic carbocycles. The van der Waals surface area contributed by atoms with Gasteiger partial charge in [-0.3, -0.25) is 0 Å². The van der Waals surface area contributed by atoms with Gasteiger partial charge >= 0.3 is 8.26 Å². The molecule has 0 bridgehead atoms. The monoisotopic (exact) mass is 256 g/mol. The molecule has 0 unspecified atom stereocenters. The highest BCUT2D eigenvalue weighted by molar-refractivity contribution is 8.31. The molecule has 3 nitrogen and oxygen atoms in total. The summed E-state index contributed by atoms with van der Waals surface area (Å²) >= 11 is 0. The molecule has 0 aliphatic rings. The van der Waals surface area contributed by atoms with Crippen molar-refractivity contribution in [1.82, 2.24) is 0 Å². The Labute approximate surface area is 92.5 Å². The van der Waals surface area contributed by atoms with Gasteiger partial charge in [0.2, 0.25) is 0 Å². The standard InChI is InChI=1S/C8H10O.Cl2O2S/c1-7-3-5-8(9-2)6-4-7;1-5(2,3)4/h3-6H,1-2H3;. The average Bonchev–Trinajstić information content (AvgIpc) is 2.03. The van der Waals surface area contributed by atoms with E-state index in [9.17, 15) is 0 Å². The van der Waals surface area contributed by atoms with Crippen LogP contribution in [0.1, 0.15) is 5.56 Å². The Morgan fingerprint density at radius 1 is 1.14 bits per heavy atom. The first-order valence-corrected chi connectivity index (χ1v) is 6.71. The number of rotatable bonds is 1. The van der Waals surface area contributed by atoms with Crippen LogP contribution in [0.3, 0.4) is 0 Å². The van der Waals surface area contributed by atoms with E-state index in [1.807, 2.05) is 24.3 Å². The SMILES string of the molecule is COc1ccc(C)cc1.O=S(=O)(Cl)Cl. The van der Waals surface area contributed by atoms with Gasteiger partial charge in [0.1, 0.15) is 5.75 Å². The fourth-order valence-corrected chi connectivity index (χ4v) is 0.674. The number of hydrogen-bond acceptors (Lipinski definition) is 3. The van der Waals surface area contributed by atoms with Crippen LogP contribution in [0.2, 0.25) is 0 Å². The first-order valence-electron chi connectivity index (χ1n) is 3.58. The highest BCUT2D eigenvalue weighted by Gasteiger charge is 1.88. The van der Waals surface area contributed by atoms with Crippen molar-refractivity contribution in [3.05, 3.63) is 29.8 Å². The van der Waals surface area contributed by atoms with Crippen LogP contribution >= 0.6 is 21.4 Å². The molecule has 0 spiro atoms. The molecule has 0 heterocycles. The fraction of sp³-hybridized carbons (Fsp3) is 0.250. The molecule has 0 atom stereocenters. The normalized spacial score (nSPS) is 10.0. The quantitative estimate of drug-likeness (QED) is 0.726. The maximum absolute atomic E-state index is 9.16. The third-order valence-corrected chi connectivity index (χ3v) is 1.26. The molecule has 0 aromatic heterocycles. The molecule has 0 aliphatic heterocycles. The molecule has 1 aromatic rings. The second-order valence-electron chi connectivity index (χ2n) is 2.40. The van der Waals surface area contributed by atoms with Gasteiger partial charge in [-0.1, -0.05) is 17.7 Å². The maximum atomic E-state index is 9.16. The van der Waals surface area contributed by atoms with Gasteiger partial charge in [0.15, 0.2) is 0 Å². The predicted octanol–water partition coefficient (Wildman–Crippen LogP) is 2.71. The number of halogens is 2. The van der Waals surface area contributed by atoms with Crippen LogP contribution < -0.4 is 4.74 Å². The topological polar surface area (TPSA) is 43.4 Å². The summed E-state index contributed by atoms with van der Waals surface area (Å²) in [5.41, 5.74) is 1.26.